The number of aromatic nitrogens is 7. The molecule has 0 radical (unpaired) electrons. The van der Waals surface area contributed by atoms with E-state index in [4.69, 9.17) is 11.6 Å². The quantitative estimate of drug-likeness (QED) is 0.172. The van der Waals surface area contributed by atoms with Crippen molar-refractivity contribution in [2.75, 3.05) is 13.1 Å². The number of aromatic amines is 1. The predicted molar refractivity (Wildman–Crippen MR) is 165 cm³/mol. The summed E-state index contributed by atoms with van der Waals surface area (Å²) in [5.74, 6) is 1.41. The van der Waals surface area contributed by atoms with Crippen LogP contribution in [0.5, 0.6) is 0 Å². The molecule has 1 atom stereocenters. The zero-order valence-electron chi connectivity index (χ0n) is 24.3. The van der Waals surface area contributed by atoms with Crippen LogP contribution in [0.2, 0.25) is 5.15 Å². The van der Waals surface area contributed by atoms with Crippen LogP contribution in [0.3, 0.4) is 0 Å². The molecular formula is C32H37ClN8O. The molecule has 2 N–H and O–H groups in total. The maximum absolute atomic E-state index is 11.5. The largest absolute Gasteiger partial charge is 0.380 e. The van der Waals surface area contributed by atoms with Crippen LogP contribution in [0, 0.1) is 0 Å². The number of aliphatic hydroxyl groups excluding tert-OH is 1. The second-order valence-corrected chi connectivity index (χ2v) is 10.7. The van der Waals surface area contributed by atoms with E-state index in [1.54, 1.807) is 0 Å². The molecule has 9 nitrogen and oxygen atoms in total. The Labute approximate surface area is 251 Å². The standard InChI is InChI=1S/C32H37ClN8O/c1-4-7-12-28-35-31(33)29(30(42)27-18-15-23(19-34-27)20-40(5-2)6-3)41(28)21-22-13-16-24(17-14-22)25-10-8-9-11-26(25)32-36-38-39-37-32/h8-11,13-19,30,42H,4-7,12,20-21H2,1-3H3,(H,36,37,38,39). The summed E-state index contributed by atoms with van der Waals surface area (Å²) in [7, 11) is 0. The summed E-state index contributed by atoms with van der Waals surface area (Å²) >= 11 is 6.70. The third-order valence-corrected chi connectivity index (χ3v) is 7.88. The molecule has 5 aromatic rings. The predicted octanol–water partition coefficient (Wildman–Crippen LogP) is 6.09. The minimum atomic E-state index is -0.996. The van der Waals surface area contributed by atoms with Gasteiger partial charge in [0.15, 0.2) is 5.15 Å². The minimum absolute atomic E-state index is 0.313. The van der Waals surface area contributed by atoms with E-state index < -0.39 is 6.10 Å². The van der Waals surface area contributed by atoms with Crippen LogP contribution >= 0.6 is 11.6 Å². The number of aliphatic hydroxyl groups is 1. The van der Waals surface area contributed by atoms with Crippen LogP contribution in [0.25, 0.3) is 22.5 Å². The molecule has 0 aliphatic carbocycles. The van der Waals surface area contributed by atoms with Gasteiger partial charge >= 0.3 is 0 Å². The second-order valence-electron chi connectivity index (χ2n) is 10.3. The maximum Gasteiger partial charge on any atom is 0.205 e. The number of hydrogen-bond acceptors (Lipinski definition) is 7. The summed E-state index contributed by atoms with van der Waals surface area (Å²) in [6, 6.07) is 20.3. The van der Waals surface area contributed by atoms with Crippen molar-refractivity contribution in [3.8, 4) is 22.5 Å². The third kappa shape index (κ3) is 6.59. The average molecular weight is 585 g/mol. The second kappa shape index (κ2) is 13.8. The molecule has 0 fully saturated rings. The number of unbranched alkanes of at least 4 members (excludes halogenated alkanes) is 1. The summed E-state index contributed by atoms with van der Waals surface area (Å²) in [6.45, 7) is 9.75. The van der Waals surface area contributed by atoms with Gasteiger partial charge in [0.2, 0.25) is 5.82 Å². The lowest BCUT2D eigenvalue weighted by Gasteiger charge is -2.19. The van der Waals surface area contributed by atoms with Crippen LogP contribution < -0.4 is 0 Å². The number of benzene rings is 2. The molecule has 10 heteroatoms. The molecule has 0 aliphatic heterocycles. The first kappa shape index (κ1) is 29.6. The first-order chi connectivity index (χ1) is 20.5. The zero-order chi connectivity index (χ0) is 29.5. The first-order valence-electron chi connectivity index (χ1n) is 14.5. The van der Waals surface area contributed by atoms with Crippen molar-refractivity contribution in [3.05, 3.63) is 100 Å². The lowest BCUT2D eigenvalue weighted by molar-refractivity contribution is 0.205. The number of aryl methyl sites for hydroxylation is 1. The summed E-state index contributed by atoms with van der Waals surface area (Å²) in [4.78, 5) is 11.6. The number of H-pyrrole nitrogens is 1. The Balaban J connectivity index is 1.42. The summed E-state index contributed by atoms with van der Waals surface area (Å²) < 4.78 is 2.05. The number of imidazole rings is 1. The highest BCUT2D eigenvalue weighted by molar-refractivity contribution is 6.30. The van der Waals surface area contributed by atoms with Gasteiger partial charge in [-0.3, -0.25) is 9.88 Å². The van der Waals surface area contributed by atoms with E-state index in [0.29, 0.717) is 28.9 Å². The monoisotopic (exact) mass is 584 g/mol. The average Bonchev–Trinajstić information content (AvgIpc) is 3.67. The Bertz CT molecular complexity index is 1560. The maximum atomic E-state index is 11.5. The number of nitrogens with zero attached hydrogens (tertiary/aromatic N) is 7. The smallest absolute Gasteiger partial charge is 0.205 e. The van der Waals surface area contributed by atoms with Crippen molar-refractivity contribution in [1.29, 1.82) is 0 Å². The number of hydrogen-bond donors (Lipinski definition) is 2. The Kier molecular flexibility index (Phi) is 9.74. The van der Waals surface area contributed by atoms with Gasteiger partial charge in [-0.25, -0.2) is 4.98 Å². The number of pyridine rings is 1. The van der Waals surface area contributed by atoms with Crippen LogP contribution in [-0.4, -0.2) is 58.3 Å². The molecule has 0 amide bonds. The normalized spacial score (nSPS) is 12.2. The van der Waals surface area contributed by atoms with Crippen molar-refractivity contribution < 1.29 is 5.11 Å². The fraction of sp³-hybridized carbons (Fsp3) is 0.344. The van der Waals surface area contributed by atoms with Crippen LogP contribution in [0.1, 0.15) is 68.1 Å². The SMILES string of the molecule is CCCCc1nc(Cl)c(C(O)c2ccc(CN(CC)CC)cn2)n1Cc1ccc(-c2ccccc2-c2nn[nH]n2)cc1. The van der Waals surface area contributed by atoms with E-state index in [1.165, 1.54) is 0 Å². The lowest BCUT2D eigenvalue weighted by atomic mass is 9.98. The van der Waals surface area contributed by atoms with E-state index in [1.807, 2.05) is 42.6 Å². The van der Waals surface area contributed by atoms with Crippen LogP contribution in [0.15, 0.2) is 66.9 Å². The molecule has 0 bridgehead atoms. The molecule has 0 saturated carbocycles. The molecule has 2 aromatic carbocycles. The van der Waals surface area contributed by atoms with Crippen LogP contribution in [-0.2, 0) is 19.5 Å². The Morgan fingerprint density at radius 3 is 2.33 bits per heavy atom. The summed E-state index contributed by atoms with van der Waals surface area (Å²) in [5, 5.41) is 26.4. The number of tetrazole rings is 1. The molecular weight excluding hydrogens is 548 g/mol. The molecule has 1 unspecified atom stereocenters. The summed E-state index contributed by atoms with van der Waals surface area (Å²) in [6.07, 6.45) is 3.63. The molecule has 5 rings (SSSR count). The molecule has 0 saturated heterocycles. The van der Waals surface area contributed by atoms with Gasteiger partial charge in [-0.2, -0.15) is 5.21 Å². The summed E-state index contributed by atoms with van der Waals surface area (Å²) in [5.41, 5.74) is 6.27. The van der Waals surface area contributed by atoms with Gasteiger partial charge in [0.25, 0.3) is 0 Å². The molecule has 0 spiro atoms. The fourth-order valence-electron chi connectivity index (χ4n) is 5.16. The Morgan fingerprint density at radius 2 is 1.69 bits per heavy atom. The zero-order valence-corrected chi connectivity index (χ0v) is 25.1. The van der Waals surface area contributed by atoms with E-state index in [0.717, 1.165) is 72.5 Å². The highest BCUT2D eigenvalue weighted by Gasteiger charge is 2.25. The van der Waals surface area contributed by atoms with E-state index in [2.05, 4.69) is 85.1 Å². The van der Waals surface area contributed by atoms with Crippen molar-refractivity contribution >= 4 is 11.6 Å². The highest BCUT2D eigenvalue weighted by atomic mass is 35.5. The van der Waals surface area contributed by atoms with Gasteiger partial charge in [-0.1, -0.05) is 93.4 Å². The van der Waals surface area contributed by atoms with Gasteiger partial charge in [0.1, 0.15) is 11.9 Å². The van der Waals surface area contributed by atoms with Crippen molar-refractivity contribution in [1.82, 2.24) is 40.1 Å². The van der Waals surface area contributed by atoms with Crippen molar-refractivity contribution in [2.24, 2.45) is 0 Å². The molecule has 3 aromatic heterocycles. The number of halogens is 1. The van der Waals surface area contributed by atoms with Gasteiger partial charge in [0, 0.05) is 31.3 Å². The topological polar surface area (TPSA) is 109 Å². The highest BCUT2D eigenvalue weighted by Crippen LogP contribution is 2.32. The van der Waals surface area contributed by atoms with Gasteiger partial charge in [-0.15, -0.1) is 10.2 Å². The first-order valence-corrected chi connectivity index (χ1v) is 14.9. The number of rotatable bonds is 13. The van der Waals surface area contributed by atoms with Crippen molar-refractivity contribution in [2.45, 2.75) is 59.2 Å². The molecule has 3 heterocycles. The van der Waals surface area contributed by atoms with E-state index in [-0.39, 0.29) is 0 Å². The molecule has 0 aliphatic rings. The Morgan fingerprint density at radius 1 is 0.952 bits per heavy atom. The van der Waals surface area contributed by atoms with Crippen LogP contribution in [0.4, 0.5) is 0 Å². The van der Waals surface area contributed by atoms with Crippen molar-refractivity contribution in [3.63, 3.8) is 0 Å². The van der Waals surface area contributed by atoms with Gasteiger partial charge in [-0.05, 0) is 53.0 Å². The molecule has 218 valence electrons. The third-order valence-electron chi connectivity index (χ3n) is 7.60. The minimum Gasteiger partial charge on any atom is -0.380 e. The fourth-order valence-corrected chi connectivity index (χ4v) is 5.46. The lowest BCUT2D eigenvalue weighted by Crippen LogP contribution is -2.22. The van der Waals surface area contributed by atoms with Gasteiger partial charge in [0.05, 0.1) is 11.4 Å². The Hall–Kier alpha value is -3.92. The number of nitrogens with one attached hydrogen (secondary N) is 1. The van der Waals surface area contributed by atoms with E-state index >= 15 is 0 Å². The van der Waals surface area contributed by atoms with Gasteiger partial charge < -0.3 is 9.67 Å². The molecule has 42 heavy (non-hydrogen) atoms. The van der Waals surface area contributed by atoms with E-state index in [9.17, 15) is 5.11 Å².